The number of aliphatic imine (C=N–C) groups is 1. The van der Waals surface area contributed by atoms with E-state index in [1.807, 2.05) is 30.3 Å². The van der Waals surface area contributed by atoms with Crippen molar-refractivity contribution in [1.82, 2.24) is 9.97 Å². The van der Waals surface area contributed by atoms with Crippen LogP contribution < -0.4 is 0 Å². The summed E-state index contributed by atoms with van der Waals surface area (Å²) in [5.41, 5.74) is 4.17. The zero-order valence-corrected chi connectivity index (χ0v) is 14.8. The van der Waals surface area contributed by atoms with Gasteiger partial charge in [-0.05, 0) is 42.1 Å². The van der Waals surface area contributed by atoms with E-state index in [1.54, 1.807) is 23.5 Å². The molecule has 3 nitrogen and oxygen atoms in total. The Morgan fingerprint density at radius 2 is 1.56 bits per heavy atom. The number of thioether (sulfide) groups is 1. The smallest absolute Gasteiger partial charge is 0.172 e. The number of nitrogens with zero attached hydrogens (tertiary/aromatic N) is 2. The van der Waals surface area contributed by atoms with Gasteiger partial charge in [0.05, 0.1) is 16.7 Å². The number of hydrogen-bond donors (Lipinski definition) is 1. The van der Waals surface area contributed by atoms with E-state index in [1.165, 1.54) is 9.79 Å². The molecule has 0 saturated carbocycles. The van der Waals surface area contributed by atoms with Crippen LogP contribution in [0.3, 0.4) is 0 Å². The molecule has 1 aliphatic heterocycles. The fourth-order valence-corrected chi connectivity index (χ4v) is 4.81. The number of aromatic amines is 1. The van der Waals surface area contributed by atoms with E-state index in [2.05, 4.69) is 52.4 Å². The van der Waals surface area contributed by atoms with Crippen LogP contribution in [-0.2, 0) is 0 Å². The van der Waals surface area contributed by atoms with E-state index in [4.69, 9.17) is 4.99 Å². The van der Waals surface area contributed by atoms with E-state index in [9.17, 15) is 0 Å². The SMILES string of the molecule is c1ccc2c(c1)N=C(Sc1nc3ccccc3[nH]1)c1ccccc1S2. The second-order valence-electron chi connectivity index (χ2n) is 5.64. The molecule has 0 saturated heterocycles. The van der Waals surface area contributed by atoms with Crippen LogP contribution in [0.25, 0.3) is 11.0 Å². The number of benzene rings is 3. The predicted octanol–water partition coefficient (Wildman–Crippen LogP) is 5.90. The van der Waals surface area contributed by atoms with E-state index >= 15 is 0 Å². The standard InChI is InChI=1S/C20H13N3S2/c1-5-11-17-13(7-1)19(21-16-10-4-6-12-18(16)24-17)25-20-22-14-8-2-3-9-15(14)23-20/h1-12H,(H,22,23). The molecule has 3 aromatic carbocycles. The Kier molecular flexibility index (Phi) is 3.61. The van der Waals surface area contributed by atoms with Gasteiger partial charge >= 0.3 is 0 Å². The van der Waals surface area contributed by atoms with Crippen LogP contribution in [-0.4, -0.2) is 15.0 Å². The predicted molar refractivity (Wildman–Crippen MR) is 105 cm³/mol. The maximum atomic E-state index is 4.94. The van der Waals surface area contributed by atoms with Gasteiger partial charge in [0.1, 0.15) is 5.04 Å². The monoisotopic (exact) mass is 359 g/mol. The molecule has 2 heterocycles. The van der Waals surface area contributed by atoms with Crippen molar-refractivity contribution in [2.75, 3.05) is 0 Å². The van der Waals surface area contributed by atoms with Gasteiger partial charge in [0.25, 0.3) is 0 Å². The molecule has 0 amide bonds. The number of hydrogen-bond acceptors (Lipinski definition) is 4. The van der Waals surface area contributed by atoms with Crippen LogP contribution in [0.2, 0.25) is 0 Å². The average molecular weight is 359 g/mol. The van der Waals surface area contributed by atoms with Crippen molar-refractivity contribution in [1.29, 1.82) is 0 Å². The Labute approximate surface area is 153 Å². The molecule has 25 heavy (non-hydrogen) atoms. The molecule has 4 aromatic rings. The normalized spacial score (nSPS) is 13.0. The number of rotatable bonds is 1. The van der Waals surface area contributed by atoms with Crippen LogP contribution in [0.4, 0.5) is 5.69 Å². The van der Waals surface area contributed by atoms with E-state index in [-0.39, 0.29) is 0 Å². The maximum absolute atomic E-state index is 4.94. The zero-order valence-electron chi connectivity index (χ0n) is 13.1. The third-order valence-electron chi connectivity index (χ3n) is 3.99. The van der Waals surface area contributed by atoms with Gasteiger partial charge in [-0.15, -0.1) is 0 Å². The summed E-state index contributed by atoms with van der Waals surface area (Å²) in [7, 11) is 0. The summed E-state index contributed by atoms with van der Waals surface area (Å²) >= 11 is 3.34. The maximum Gasteiger partial charge on any atom is 0.172 e. The van der Waals surface area contributed by atoms with Gasteiger partial charge in [0, 0.05) is 15.4 Å². The van der Waals surface area contributed by atoms with E-state index in [0.717, 1.165) is 32.5 Å². The summed E-state index contributed by atoms with van der Waals surface area (Å²) in [6, 6.07) is 24.8. The first-order valence-corrected chi connectivity index (χ1v) is 9.58. The molecule has 0 fully saturated rings. The molecule has 1 N–H and O–H groups in total. The van der Waals surface area contributed by atoms with Gasteiger partial charge in [-0.1, -0.05) is 54.2 Å². The summed E-state index contributed by atoms with van der Waals surface area (Å²) in [5.74, 6) is 0. The van der Waals surface area contributed by atoms with Gasteiger partial charge < -0.3 is 4.98 Å². The summed E-state index contributed by atoms with van der Waals surface area (Å²) in [4.78, 5) is 15.4. The number of imidazole rings is 1. The van der Waals surface area contributed by atoms with E-state index in [0.29, 0.717) is 0 Å². The van der Waals surface area contributed by atoms with E-state index < -0.39 is 0 Å². The van der Waals surface area contributed by atoms with Crippen LogP contribution >= 0.6 is 23.5 Å². The minimum atomic E-state index is 0.860. The molecule has 0 spiro atoms. The Morgan fingerprint density at radius 3 is 2.48 bits per heavy atom. The molecule has 1 aliphatic rings. The number of fused-ring (bicyclic) bond motifs is 3. The molecule has 1 aromatic heterocycles. The van der Waals surface area contributed by atoms with Crippen molar-refractivity contribution in [3.8, 4) is 0 Å². The van der Waals surface area contributed by atoms with Crippen molar-refractivity contribution >= 4 is 45.3 Å². The molecular weight excluding hydrogens is 346 g/mol. The molecule has 0 unspecified atom stereocenters. The van der Waals surface area contributed by atoms with Gasteiger partial charge in [0.15, 0.2) is 5.16 Å². The van der Waals surface area contributed by atoms with Crippen molar-refractivity contribution in [3.05, 3.63) is 78.4 Å². The number of nitrogens with one attached hydrogen (secondary N) is 1. The highest BCUT2D eigenvalue weighted by atomic mass is 32.2. The summed E-state index contributed by atoms with van der Waals surface area (Å²) in [5, 5.41) is 1.83. The second-order valence-corrected chi connectivity index (χ2v) is 7.71. The van der Waals surface area contributed by atoms with Crippen molar-refractivity contribution in [2.24, 2.45) is 4.99 Å². The Balaban J connectivity index is 1.64. The van der Waals surface area contributed by atoms with Crippen LogP contribution in [0.1, 0.15) is 5.56 Å². The fraction of sp³-hybridized carbons (Fsp3) is 0. The number of aromatic nitrogens is 2. The van der Waals surface area contributed by atoms with Gasteiger partial charge in [-0.3, -0.25) is 0 Å². The highest BCUT2D eigenvalue weighted by Gasteiger charge is 2.19. The number of para-hydroxylation sites is 3. The minimum absolute atomic E-state index is 0.860. The largest absolute Gasteiger partial charge is 0.333 e. The van der Waals surface area contributed by atoms with Crippen LogP contribution in [0.5, 0.6) is 0 Å². The van der Waals surface area contributed by atoms with Gasteiger partial charge in [0.2, 0.25) is 0 Å². The lowest BCUT2D eigenvalue weighted by Crippen LogP contribution is -1.97. The minimum Gasteiger partial charge on any atom is -0.333 e. The summed E-state index contributed by atoms with van der Waals surface area (Å²) < 4.78 is 0. The first-order valence-electron chi connectivity index (χ1n) is 7.94. The van der Waals surface area contributed by atoms with Crippen molar-refractivity contribution in [3.63, 3.8) is 0 Å². The lowest BCUT2D eigenvalue weighted by molar-refractivity contribution is 1.09. The molecule has 0 aliphatic carbocycles. The molecule has 120 valence electrons. The Bertz CT molecular complexity index is 1080. The second kappa shape index (κ2) is 6.10. The molecular formula is C20H13N3S2. The lowest BCUT2D eigenvalue weighted by atomic mass is 10.2. The first-order chi connectivity index (χ1) is 12.4. The summed E-state index contributed by atoms with van der Waals surface area (Å²) in [6.45, 7) is 0. The third kappa shape index (κ3) is 2.75. The molecule has 0 atom stereocenters. The fourth-order valence-electron chi connectivity index (χ4n) is 2.80. The Morgan fingerprint density at radius 1 is 0.800 bits per heavy atom. The van der Waals surface area contributed by atoms with Crippen molar-refractivity contribution in [2.45, 2.75) is 14.9 Å². The van der Waals surface area contributed by atoms with Crippen LogP contribution in [0, 0.1) is 0 Å². The average Bonchev–Trinajstić information content (AvgIpc) is 2.98. The molecule has 5 heteroatoms. The quantitative estimate of drug-likeness (QED) is 0.460. The number of H-pyrrole nitrogens is 1. The van der Waals surface area contributed by atoms with Gasteiger partial charge in [-0.2, -0.15) is 0 Å². The highest BCUT2D eigenvalue weighted by molar-refractivity contribution is 8.14. The molecule has 0 bridgehead atoms. The molecule has 5 rings (SSSR count). The topological polar surface area (TPSA) is 41.0 Å². The molecule has 0 radical (unpaired) electrons. The lowest BCUT2D eigenvalue weighted by Gasteiger charge is -2.06. The van der Waals surface area contributed by atoms with Gasteiger partial charge in [-0.25, -0.2) is 9.98 Å². The zero-order chi connectivity index (χ0) is 16.6. The highest BCUT2D eigenvalue weighted by Crippen LogP contribution is 2.42. The first kappa shape index (κ1) is 14.8. The van der Waals surface area contributed by atoms with Crippen LogP contribution in [0.15, 0.2) is 92.7 Å². The summed E-state index contributed by atoms with van der Waals surface area (Å²) in [6.07, 6.45) is 0. The third-order valence-corrected chi connectivity index (χ3v) is 6.02. The van der Waals surface area contributed by atoms with Crippen molar-refractivity contribution < 1.29 is 0 Å². The Hall–Kier alpha value is -2.50.